The Morgan fingerprint density at radius 1 is 1.38 bits per heavy atom. The molecule has 4 heteroatoms. The fraction of sp³-hybridized carbons (Fsp3) is 0.588. The van der Waals surface area contributed by atoms with Gasteiger partial charge in [-0.05, 0) is 49.4 Å². The largest absolute Gasteiger partial charge is 0.493 e. The maximum atomic E-state index is 12.5. The summed E-state index contributed by atoms with van der Waals surface area (Å²) >= 11 is 0. The summed E-state index contributed by atoms with van der Waals surface area (Å²) in [7, 11) is 0. The predicted molar refractivity (Wildman–Crippen MR) is 84.5 cm³/mol. The minimum absolute atomic E-state index is 0.0977. The van der Waals surface area contributed by atoms with Gasteiger partial charge in [0.2, 0.25) is 0 Å². The Bertz CT molecular complexity index is 466. The number of piperidine rings is 1. The van der Waals surface area contributed by atoms with Crippen LogP contribution in [0.2, 0.25) is 0 Å². The molecule has 116 valence electrons. The lowest BCUT2D eigenvalue weighted by Crippen LogP contribution is -2.40. The topological polar surface area (TPSA) is 55.6 Å². The van der Waals surface area contributed by atoms with Gasteiger partial charge < -0.3 is 15.4 Å². The van der Waals surface area contributed by atoms with Crippen molar-refractivity contribution in [3.63, 3.8) is 0 Å². The summed E-state index contributed by atoms with van der Waals surface area (Å²) in [4.78, 5) is 14.4. The fourth-order valence-corrected chi connectivity index (χ4v) is 2.54. The molecule has 1 aromatic rings. The van der Waals surface area contributed by atoms with Crippen LogP contribution in [0.1, 0.15) is 37.0 Å². The molecule has 1 fully saturated rings. The lowest BCUT2D eigenvalue weighted by atomic mass is 9.96. The van der Waals surface area contributed by atoms with Crippen molar-refractivity contribution in [1.82, 2.24) is 4.90 Å². The molecule has 1 aromatic carbocycles. The predicted octanol–water partition coefficient (Wildman–Crippen LogP) is 2.53. The van der Waals surface area contributed by atoms with Crippen molar-refractivity contribution in [3.05, 3.63) is 29.8 Å². The first-order chi connectivity index (χ1) is 10.1. The monoisotopic (exact) mass is 290 g/mol. The number of hydrogen-bond acceptors (Lipinski definition) is 3. The summed E-state index contributed by atoms with van der Waals surface area (Å²) in [6.45, 7) is 7.21. The van der Waals surface area contributed by atoms with Crippen LogP contribution in [0.25, 0.3) is 0 Å². The molecule has 21 heavy (non-hydrogen) atoms. The Hall–Kier alpha value is -1.55. The average molecular weight is 290 g/mol. The molecule has 1 heterocycles. The summed E-state index contributed by atoms with van der Waals surface area (Å²) in [5, 5.41) is 0. The van der Waals surface area contributed by atoms with E-state index in [4.69, 9.17) is 10.5 Å². The van der Waals surface area contributed by atoms with Crippen molar-refractivity contribution in [2.24, 2.45) is 17.6 Å². The number of nitrogens with zero attached hydrogens (tertiary/aromatic N) is 1. The van der Waals surface area contributed by atoms with E-state index >= 15 is 0 Å². The lowest BCUT2D eigenvalue weighted by Gasteiger charge is -2.31. The van der Waals surface area contributed by atoms with E-state index in [-0.39, 0.29) is 5.91 Å². The van der Waals surface area contributed by atoms with E-state index in [0.717, 1.165) is 38.2 Å². The van der Waals surface area contributed by atoms with Crippen molar-refractivity contribution in [2.75, 3.05) is 26.2 Å². The molecule has 0 bridgehead atoms. The smallest absolute Gasteiger partial charge is 0.253 e. The fourth-order valence-electron chi connectivity index (χ4n) is 2.54. The molecule has 0 saturated carbocycles. The number of hydrogen-bond donors (Lipinski definition) is 1. The van der Waals surface area contributed by atoms with Gasteiger partial charge in [-0.3, -0.25) is 4.79 Å². The minimum atomic E-state index is 0.0977. The number of amides is 1. The van der Waals surface area contributed by atoms with E-state index in [1.165, 1.54) is 0 Å². The highest BCUT2D eigenvalue weighted by Crippen LogP contribution is 2.20. The molecular formula is C17H26N2O2. The third kappa shape index (κ3) is 4.46. The molecule has 1 saturated heterocycles. The van der Waals surface area contributed by atoms with Crippen LogP contribution < -0.4 is 10.5 Å². The second-order valence-electron chi connectivity index (χ2n) is 6.20. The average Bonchev–Trinajstić information content (AvgIpc) is 2.52. The Kier molecular flexibility index (Phi) is 5.62. The second-order valence-corrected chi connectivity index (χ2v) is 6.20. The highest BCUT2D eigenvalue weighted by Gasteiger charge is 2.23. The molecule has 0 atom stereocenters. The van der Waals surface area contributed by atoms with Crippen molar-refractivity contribution in [2.45, 2.75) is 26.7 Å². The minimum Gasteiger partial charge on any atom is -0.493 e. The first-order valence-corrected chi connectivity index (χ1v) is 7.82. The van der Waals surface area contributed by atoms with Crippen LogP contribution in [0.15, 0.2) is 24.3 Å². The highest BCUT2D eigenvalue weighted by molar-refractivity contribution is 5.94. The first-order valence-electron chi connectivity index (χ1n) is 7.82. The molecule has 0 unspecified atom stereocenters. The molecule has 0 aromatic heterocycles. The van der Waals surface area contributed by atoms with Crippen LogP contribution in [0, 0.1) is 11.8 Å². The summed E-state index contributed by atoms with van der Waals surface area (Å²) in [6, 6.07) is 7.49. The van der Waals surface area contributed by atoms with Crippen LogP contribution in [0.3, 0.4) is 0 Å². The zero-order chi connectivity index (χ0) is 15.2. The van der Waals surface area contributed by atoms with Crippen molar-refractivity contribution < 1.29 is 9.53 Å². The molecule has 2 N–H and O–H groups in total. The number of carbonyl (C=O) groups is 1. The SMILES string of the molecule is CC(C)COc1cccc(C(=O)N2CCC(CN)CC2)c1. The Morgan fingerprint density at radius 2 is 2.10 bits per heavy atom. The first kappa shape index (κ1) is 15.8. The Labute approximate surface area is 127 Å². The zero-order valence-electron chi connectivity index (χ0n) is 13.0. The van der Waals surface area contributed by atoms with Gasteiger partial charge in [-0.15, -0.1) is 0 Å². The summed E-state index contributed by atoms with van der Waals surface area (Å²) in [6.07, 6.45) is 2.01. The molecular weight excluding hydrogens is 264 g/mol. The number of likely N-dealkylation sites (tertiary alicyclic amines) is 1. The summed E-state index contributed by atoms with van der Waals surface area (Å²) in [5.74, 6) is 1.90. The molecule has 1 aliphatic rings. The van der Waals surface area contributed by atoms with Crippen LogP contribution in [0.4, 0.5) is 0 Å². The van der Waals surface area contributed by atoms with E-state index in [0.29, 0.717) is 24.0 Å². The lowest BCUT2D eigenvalue weighted by molar-refractivity contribution is 0.0693. The van der Waals surface area contributed by atoms with Gasteiger partial charge in [0.25, 0.3) is 5.91 Å². The number of nitrogens with two attached hydrogens (primary N) is 1. The van der Waals surface area contributed by atoms with Gasteiger partial charge in [-0.1, -0.05) is 19.9 Å². The maximum Gasteiger partial charge on any atom is 0.253 e. The van der Waals surface area contributed by atoms with E-state index < -0.39 is 0 Å². The number of carbonyl (C=O) groups excluding carboxylic acids is 1. The van der Waals surface area contributed by atoms with Crippen LogP contribution in [-0.4, -0.2) is 37.0 Å². The molecule has 0 spiro atoms. The van der Waals surface area contributed by atoms with Gasteiger partial charge in [-0.25, -0.2) is 0 Å². The number of benzene rings is 1. The van der Waals surface area contributed by atoms with E-state index in [2.05, 4.69) is 13.8 Å². The van der Waals surface area contributed by atoms with Crippen LogP contribution >= 0.6 is 0 Å². The van der Waals surface area contributed by atoms with Crippen molar-refractivity contribution in [1.29, 1.82) is 0 Å². The van der Waals surface area contributed by atoms with Gasteiger partial charge in [0.1, 0.15) is 5.75 Å². The van der Waals surface area contributed by atoms with Gasteiger partial charge in [0, 0.05) is 18.7 Å². The molecule has 1 amide bonds. The third-order valence-corrected chi connectivity index (χ3v) is 3.90. The second kappa shape index (κ2) is 7.46. The van der Waals surface area contributed by atoms with Gasteiger partial charge in [-0.2, -0.15) is 0 Å². The zero-order valence-corrected chi connectivity index (χ0v) is 13.0. The molecule has 2 rings (SSSR count). The Balaban J connectivity index is 1.97. The normalized spacial score (nSPS) is 16.3. The molecule has 1 aliphatic heterocycles. The standard InChI is InChI=1S/C17H26N2O2/c1-13(2)12-21-16-5-3-4-15(10-16)17(20)19-8-6-14(11-18)7-9-19/h3-5,10,13-14H,6-9,11-12,18H2,1-2H3. The summed E-state index contributed by atoms with van der Waals surface area (Å²) < 4.78 is 5.69. The third-order valence-electron chi connectivity index (χ3n) is 3.90. The van der Waals surface area contributed by atoms with E-state index in [1.54, 1.807) is 0 Å². The molecule has 4 nitrogen and oxygen atoms in total. The van der Waals surface area contributed by atoms with Crippen LogP contribution in [-0.2, 0) is 0 Å². The highest BCUT2D eigenvalue weighted by atomic mass is 16.5. The number of ether oxygens (including phenoxy) is 1. The van der Waals surface area contributed by atoms with E-state index in [1.807, 2.05) is 29.2 Å². The van der Waals surface area contributed by atoms with Crippen LogP contribution in [0.5, 0.6) is 5.75 Å². The summed E-state index contributed by atoms with van der Waals surface area (Å²) in [5.41, 5.74) is 6.40. The Morgan fingerprint density at radius 3 is 2.71 bits per heavy atom. The van der Waals surface area contributed by atoms with E-state index in [9.17, 15) is 4.79 Å². The quantitative estimate of drug-likeness (QED) is 0.906. The van der Waals surface area contributed by atoms with Gasteiger partial charge >= 0.3 is 0 Å². The number of rotatable bonds is 5. The molecule has 0 aliphatic carbocycles. The van der Waals surface area contributed by atoms with Crippen molar-refractivity contribution in [3.8, 4) is 5.75 Å². The molecule has 0 radical (unpaired) electrons. The van der Waals surface area contributed by atoms with Gasteiger partial charge in [0.15, 0.2) is 0 Å². The van der Waals surface area contributed by atoms with Gasteiger partial charge in [0.05, 0.1) is 6.61 Å². The van der Waals surface area contributed by atoms with Crippen molar-refractivity contribution >= 4 is 5.91 Å². The maximum absolute atomic E-state index is 12.5.